The average Bonchev–Trinajstić information content (AvgIpc) is 2.74. The fourth-order valence-electron chi connectivity index (χ4n) is 1.17. The van der Waals surface area contributed by atoms with Crippen LogP contribution in [-0.2, 0) is 0 Å². The van der Waals surface area contributed by atoms with Crippen LogP contribution in [0.4, 0.5) is 5.82 Å². The summed E-state index contributed by atoms with van der Waals surface area (Å²) in [5.74, 6) is 1.18. The number of nitrogens with zero attached hydrogens (tertiary/aromatic N) is 6. The maximum absolute atomic E-state index is 8.79. The number of anilines is 1. The molecule has 2 aromatic heterocycles. The second kappa shape index (κ2) is 4.68. The minimum absolute atomic E-state index is 0.220. The van der Waals surface area contributed by atoms with Gasteiger partial charge in [-0.15, -0.1) is 5.10 Å². The van der Waals surface area contributed by atoms with Crippen molar-refractivity contribution in [3.05, 3.63) is 11.8 Å². The number of aromatic nitrogens is 4. The fraction of sp³-hybridized carbons (Fsp3) is 0.222. The van der Waals surface area contributed by atoms with Gasteiger partial charge in [0.1, 0.15) is 17.5 Å². The minimum atomic E-state index is 0.220. The molecule has 0 aromatic carbocycles. The lowest BCUT2D eigenvalue weighted by molar-refractivity contribution is 0.886. The third-order valence-electron chi connectivity index (χ3n) is 1.95. The smallest absolute Gasteiger partial charge is 0.255 e. The molecular weight excluding hydrogens is 238 g/mol. The van der Waals surface area contributed by atoms with Gasteiger partial charge >= 0.3 is 0 Å². The minimum Gasteiger partial charge on any atom is -0.382 e. The van der Waals surface area contributed by atoms with Crippen LogP contribution in [0.15, 0.2) is 11.4 Å². The van der Waals surface area contributed by atoms with Crippen molar-refractivity contribution in [3.63, 3.8) is 0 Å². The molecule has 0 saturated heterocycles. The Hall–Kier alpha value is -2.32. The van der Waals surface area contributed by atoms with Gasteiger partial charge in [-0.05, 0) is 0 Å². The van der Waals surface area contributed by atoms with Gasteiger partial charge in [0.25, 0.3) is 5.78 Å². The van der Waals surface area contributed by atoms with Crippen molar-refractivity contribution in [2.45, 2.75) is 11.6 Å². The zero-order valence-corrected chi connectivity index (χ0v) is 9.48. The van der Waals surface area contributed by atoms with E-state index in [9.17, 15) is 0 Å². The average molecular weight is 245 g/mol. The monoisotopic (exact) mass is 245 g/mol. The Balaban J connectivity index is 2.35. The maximum atomic E-state index is 8.79. The Morgan fingerprint density at radius 3 is 3.00 bits per heavy atom. The van der Waals surface area contributed by atoms with Crippen molar-refractivity contribution in [1.29, 1.82) is 10.5 Å². The molecule has 2 N–H and O–H groups in total. The van der Waals surface area contributed by atoms with Crippen LogP contribution in [0, 0.1) is 22.7 Å². The number of hydrogen-bond donors (Lipinski definition) is 1. The second-order valence-corrected chi connectivity index (χ2v) is 4.09. The van der Waals surface area contributed by atoms with E-state index in [-0.39, 0.29) is 11.4 Å². The van der Waals surface area contributed by atoms with Crippen molar-refractivity contribution in [3.8, 4) is 12.1 Å². The van der Waals surface area contributed by atoms with Gasteiger partial charge in [-0.1, -0.05) is 11.8 Å². The Morgan fingerprint density at radius 2 is 2.29 bits per heavy atom. The summed E-state index contributed by atoms with van der Waals surface area (Å²) in [7, 11) is 0. The van der Waals surface area contributed by atoms with Crippen molar-refractivity contribution < 1.29 is 0 Å². The van der Waals surface area contributed by atoms with Crippen molar-refractivity contribution in [2.24, 2.45) is 0 Å². The first-order chi connectivity index (χ1) is 8.26. The first-order valence-electron chi connectivity index (χ1n) is 4.67. The lowest BCUT2D eigenvalue weighted by Gasteiger charge is -1.97. The third-order valence-corrected chi connectivity index (χ3v) is 2.79. The van der Waals surface area contributed by atoms with Gasteiger partial charge in [-0.25, -0.2) is 4.98 Å². The molecule has 0 atom stereocenters. The highest BCUT2D eigenvalue weighted by Gasteiger charge is 2.10. The highest BCUT2D eigenvalue weighted by Crippen LogP contribution is 2.17. The summed E-state index contributed by atoms with van der Waals surface area (Å²) >= 11 is 1.35. The van der Waals surface area contributed by atoms with Gasteiger partial charge in [0, 0.05) is 12.2 Å². The lowest BCUT2D eigenvalue weighted by atomic mass is 10.3. The number of thioether (sulfide) groups is 1. The van der Waals surface area contributed by atoms with Crippen LogP contribution in [0.5, 0.6) is 0 Å². The topological polar surface area (TPSA) is 117 Å². The van der Waals surface area contributed by atoms with Gasteiger partial charge in [0.05, 0.1) is 12.3 Å². The molecule has 0 fully saturated rings. The summed E-state index contributed by atoms with van der Waals surface area (Å²) in [6.45, 7) is 0. The molecule has 2 aromatic rings. The molecule has 0 spiro atoms. The largest absolute Gasteiger partial charge is 0.382 e. The number of hydrogen-bond acceptors (Lipinski definition) is 7. The molecule has 0 aliphatic heterocycles. The number of fused-ring (bicyclic) bond motifs is 1. The van der Waals surface area contributed by atoms with Gasteiger partial charge < -0.3 is 5.73 Å². The van der Waals surface area contributed by atoms with Gasteiger partial charge in [0.15, 0.2) is 0 Å². The highest BCUT2D eigenvalue weighted by molar-refractivity contribution is 7.99. The van der Waals surface area contributed by atoms with Crippen molar-refractivity contribution in [2.75, 3.05) is 11.5 Å². The Morgan fingerprint density at radius 1 is 1.47 bits per heavy atom. The number of nitrogen functional groups attached to an aromatic ring is 1. The van der Waals surface area contributed by atoms with Crippen LogP contribution in [0.1, 0.15) is 12.0 Å². The zero-order chi connectivity index (χ0) is 12.3. The number of rotatable bonds is 3. The van der Waals surface area contributed by atoms with Crippen LogP contribution < -0.4 is 5.73 Å². The predicted octanol–water partition coefficient (Wildman–Crippen LogP) is 0.584. The Labute approximate surface area is 101 Å². The van der Waals surface area contributed by atoms with E-state index in [2.05, 4.69) is 15.1 Å². The van der Waals surface area contributed by atoms with E-state index >= 15 is 0 Å². The van der Waals surface area contributed by atoms with Crippen LogP contribution in [0.25, 0.3) is 5.78 Å². The van der Waals surface area contributed by atoms with E-state index in [1.54, 1.807) is 0 Å². The lowest BCUT2D eigenvalue weighted by Crippen LogP contribution is -2.03. The summed E-state index contributed by atoms with van der Waals surface area (Å²) in [6.07, 6.45) is 1.79. The summed E-state index contributed by atoms with van der Waals surface area (Å²) in [6, 6.07) is 3.96. The molecule has 7 nitrogen and oxygen atoms in total. The van der Waals surface area contributed by atoms with Crippen molar-refractivity contribution >= 4 is 23.4 Å². The zero-order valence-electron chi connectivity index (χ0n) is 8.66. The maximum Gasteiger partial charge on any atom is 0.255 e. The molecule has 0 unspecified atom stereocenters. The van der Waals surface area contributed by atoms with E-state index in [1.165, 1.54) is 22.5 Å². The van der Waals surface area contributed by atoms with E-state index in [0.29, 0.717) is 23.1 Å². The fourth-order valence-corrected chi connectivity index (χ4v) is 1.83. The molecule has 8 heteroatoms. The second-order valence-electron chi connectivity index (χ2n) is 3.03. The first-order valence-corrected chi connectivity index (χ1v) is 5.66. The molecule has 2 rings (SSSR count). The van der Waals surface area contributed by atoms with Crippen LogP contribution in [-0.4, -0.2) is 25.3 Å². The predicted molar refractivity (Wildman–Crippen MR) is 60.9 cm³/mol. The van der Waals surface area contributed by atoms with E-state index < -0.39 is 0 Å². The van der Waals surface area contributed by atoms with Gasteiger partial charge in [-0.2, -0.15) is 20.0 Å². The summed E-state index contributed by atoms with van der Waals surface area (Å²) in [5.41, 5.74) is 5.99. The van der Waals surface area contributed by atoms with Crippen LogP contribution in [0.2, 0.25) is 0 Å². The molecule has 0 saturated carbocycles. The van der Waals surface area contributed by atoms with E-state index in [1.807, 2.05) is 12.1 Å². The van der Waals surface area contributed by atoms with Crippen LogP contribution in [0.3, 0.4) is 0 Å². The molecule has 2 heterocycles. The molecular formula is C9H7N7S. The summed E-state index contributed by atoms with van der Waals surface area (Å²) < 4.78 is 1.33. The molecule has 0 amide bonds. The molecule has 0 aliphatic carbocycles. The molecule has 0 aliphatic rings. The summed E-state index contributed by atoms with van der Waals surface area (Å²) in [5, 5.41) is 21.8. The van der Waals surface area contributed by atoms with Crippen LogP contribution >= 0.6 is 11.8 Å². The number of nitrogens with two attached hydrogens (primary N) is 1. The van der Waals surface area contributed by atoms with Crippen molar-refractivity contribution in [1.82, 2.24) is 19.6 Å². The quantitative estimate of drug-likeness (QED) is 0.620. The van der Waals surface area contributed by atoms with Gasteiger partial charge in [-0.3, -0.25) is 0 Å². The SMILES string of the molecule is N#CCCSc1nc2ncc(C#N)c(N)n2n1. The van der Waals surface area contributed by atoms with Gasteiger partial charge in [0.2, 0.25) is 5.16 Å². The normalized spacial score (nSPS) is 10.0. The van der Waals surface area contributed by atoms with E-state index in [0.717, 1.165) is 0 Å². The molecule has 0 bridgehead atoms. The molecule has 17 heavy (non-hydrogen) atoms. The van der Waals surface area contributed by atoms with E-state index in [4.69, 9.17) is 16.3 Å². The molecule has 0 radical (unpaired) electrons. The Bertz CT molecular complexity index is 633. The Kier molecular flexibility index (Phi) is 3.08. The molecule has 84 valence electrons. The summed E-state index contributed by atoms with van der Waals surface area (Å²) in [4.78, 5) is 8.10. The highest BCUT2D eigenvalue weighted by atomic mass is 32.2. The number of nitriles is 2. The first kappa shape index (κ1) is 11.2. The third kappa shape index (κ3) is 2.12. The standard InChI is InChI=1S/C9H7N7S/c10-2-1-3-17-9-14-8-13-5-6(4-11)7(12)16(8)15-9/h5H,1,3,12H2.